The number of urea groups is 1. The number of imide groups is 1. The topological polar surface area (TPSA) is 123 Å². The maximum atomic E-state index is 11.7. The van der Waals surface area contributed by atoms with Crippen LogP contribution in [0.15, 0.2) is 12.1 Å². The lowest BCUT2D eigenvalue weighted by atomic mass is 10.2. The SMILES string of the molecule is Cc1ccc(OCC(=O)NC(=O)NC2CCCC2)c([N+](=O)[O-])n1. The summed E-state index contributed by atoms with van der Waals surface area (Å²) in [5, 5.41) is 15.7. The van der Waals surface area contributed by atoms with Crippen LogP contribution in [0.5, 0.6) is 5.75 Å². The van der Waals surface area contributed by atoms with Crippen LogP contribution in [0, 0.1) is 17.0 Å². The largest absolute Gasteiger partial charge is 0.476 e. The van der Waals surface area contributed by atoms with Gasteiger partial charge in [0.1, 0.15) is 5.69 Å². The number of carbonyl (C=O) groups excluding carboxylic acids is 2. The van der Waals surface area contributed by atoms with Crippen LogP contribution >= 0.6 is 0 Å². The third kappa shape index (κ3) is 4.90. The highest BCUT2D eigenvalue weighted by Gasteiger charge is 2.20. The average molecular weight is 322 g/mol. The Morgan fingerprint density at radius 3 is 2.74 bits per heavy atom. The second-order valence-electron chi connectivity index (χ2n) is 5.32. The van der Waals surface area contributed by atoms with Gasteiger partial charge in [-0.05, 0) is 34.9 Å². The third-order valence-electron chi connectivity index (χ3n) is 3.45. The molecule has 0 bridgehead atoms. The quantitative estimate of drug-likeness (QED) is 0.624. The van der Waals surface area contributed by atoms with Gasteiger partial charge in [0.05, 0.1) is 0 Å². The molecular formula is C14H18N4O5. The first kappa shape index (κ1) is 16.7. The minimum atomic E-state index is -0.687. The van der Waals surface area contributed by atoms with Gasteiger partial charge in [0.25, 0.3) is 5.91 Å². The van der Waals surface area contributed by atoms with Gasteiger partial charge in [-0.1, -0.05) is 12.8 Å². The molecule has 9 heteroatoms. The maximum absolute atomic E-state index is 11.7. The predicted molar refractivity (Wildman–Crippen MR) is 80.1 cm³/mol. The minimum Gasteiger partial charge on any atom is -0.476 e. The van der Waals surface area contributed by atoms with Crippen molar-refractivity contribution in [3.8, 4) is 5.75 Å². The molecule has 9 nitrogen and oxygen atoms in total. The number of carbonyl (C=O) groups is 2. The second-order valence-corrected chi connectivity index (χ2v) is 5.32. The molecular weight excluding hydrogens is 304 g/mol. The summed E-state index contributed by atoms with van der Waals surface area (Å²) in [5.74, 6) is -1.27. The molecule has 0 unspecified atom stereocenters. The fourth-order valence-corrected chi connectivity index (χ4v) is 2.37. The van der Waals surface area contributed by atoms with Crippen molar-refractivity contribution in [3.05, 3.63) is 27.9 Å². The van der Waals surface area contributed by atoms with Gasteiger partial charge in [0, 0.05) is 13.0 Å². The minimum absolute atomic E-state index is 0.0890. The zero-order valence-electron chi connectivity index (χ0n) is 12.7. The van der Waals surface area contributed by atoms with Crippen LogP contribution < -0.4 is 15.4 Å². The number of nitrogens with zero attached hydrogens (tertiary/aromatic N) is 2. The molecule has 1 aliphatic rings. The molecule has 0 spiro atoms. The number of hydrogen-bond acceptors (Lipinski definition) is 6. The molecule has 0 atom stereocenters. The van der Waals surface area contributed by atoms with Crippen molar-refractivity contribution < 1.29 is 19.2 Å². The summed E-state index contributed by atoms with van der Waals surface area (Å²) in [7, 11) is 0. The van der Waals surface area contributed by atoms with Crippen molar-refractivity contribution in [3.63, 3.8) is 0 Å². The van der Waals surface area contributed by atoms with E-state index in [1.54, 1.807) is 6.92 Å². The molecule has 1 fully saturated rings. The van der Waals surface area contributed by atoms with Crippen molar-refractivity contribution in [1.82, 2.24) is 15.6 Å². The van der Waals surface area contributed by atoms with Gasteiger partial charge in [-0.25, -0.2) is 4.79 Å². The first-order valence-electron chi connectivity index (χ1n) is 7.31. The first-order chi connectivity index (χ1) is 11.0. The second kappa shape index (κ2) is 7.52. The van der Waals surface area contributed by atoms with Crippen LogP contribution in [-0.4, -0.2) is 34.5 Å². The zero-order chi connectivity index (χ0) is 16.8. The number of nitrogens with one attached hydrogen (secondary N) is 2. The molecule has 0 aromatic carbocycles. The smallest absolute Gasteiger partial charge is 0.406 e. The molecule has 0 saturated heterocycles. The summed E-state index contributed by atoms with van der Waals surface area (Å²) in [6, 6.07) is 2.41. The molecule has 0 radical (unpaired) electrons. The van der Waals surface area contributed by atoms with Gasteiger partial charge in [-0.3, -0.25) is 10.1 Å². The zero-order valence-corrected chi connectivity index (χ0v) is 12.7. The molecule has 1 saturated carbocycles. The number of nitro groups is 1. The summed E-state index contributed by atoms with van der Waals surface area (Å²) in [4.78, 5) is 37.2. The summed E-state index contributed by atoms with van der Waals surface area (Å²) in [6.07, 6.45) is 3.93. The molecule has 2 N–H and O–H groups in total. The van der Waals surface area contributed by atoms with Crippen LogP contribution in [0.25, 0.3) is 0 Å². The van der Waals surface area contributed by atoms with E-state index in [4.69, 9.17) is 4.74 Å². The Kier molecular flexibility index (Phi) is 5.45. The predicted octanol–water partition coefficient (Wildman–Crippen LogP) is 1.45. The van der Waals surface area contributed by atoms with E-state index in [2.05, 4.69) is 15.6 Å². The van der Waals surface area contributed by atoms with E-state index in [0.717, 1.165) is 25.7 Å². The Morgan fingerprint density at radius 2 is 2.09 bits per heavy atom. The molecule has 2 rings (SSSR count). The van der Waals surface area contributed by atoms with Crippen LogP contribution in [0.3, 0.4) is 0 Å². The lowest BCUT2D eigenvalue weighted by Gasteiger charge is -2.12. The van der Waals surface area contributed by atoms with Crippen molar-refractivity contribution in [1.29, 1.82) is 0 Å². The Hall–Kier alpha value is -2.71. The van der Waals surface area contributed by atoms with Crippen molar-refractivity contribution in [2.45, 2.75) is 38.6 Å². The summed E-state index contributed by atoms with van der Waals surface area (Å²) in [5.41, 5.74) is 0.462. The lowest BCUT2D eigenvalue weighted by molar-refractivity contribution is -0.390. The van der Waals surface area contributed by atoms with E-state index < -0.39 is 29.3 Å². The van der Waals surface area contributed by atoms with E-state index >= 15 is 0 Å². The number of ether oxygens (including phenoxy) is 1. The Balaban J connectivity index is 1.84. The van der Waals surface area contributed by atoms with Gasteiger partial charge in [0.15, 0.2) is 6.61 Å². The number of aryl methyl sites for hydroxylation is 1. The van der Waals surface area contributed by atoms with Crippen molar-refractivity contribution >= 4 is 17.8 Å². The van der Waals surface area contributed by atoms with E-state index in [1.165, 1.54) is 12.1 Å². The molecule has 0 aliphatic heterocycles. The molecule has 23 heavy (non-hydrogen) atoms. The summed E-state index contributed by atoms with van der Waals surface area (Å²) < 4.78 is 5.09. The van der Waals surface area contributed by atoms with E-state index in [-0.39, 0.29) is 11.8 Å². The fourth-order valence-electron chi connectivity index (χ4n) is 2.37. The van der Waals surface area contributed by atoms with E-state index in [0.29, 0.717) is 5.69 Å². The van der Waals surface area contributed by atoms with Gasteiger partial charge in [-0.2, -0.15) is 0 Å². The number of amides is 3. The molecule has 1 aromatic heterocycles. The Labute approximate surface area is 132 Å². The maximum Gasteiger partial charge on any atom is 0.406 e. The Morgan fingerprint density at radius 1 is 1.39 bits per heavy atom. The lowest BCUT2D eigenvalue weighted by Crippen LogP contribution is -2.45. The van der Waals surface area contributed by atoms with Crippen LogP contribution in [0.4, 0.5) is 10.6 Å². The normalized spacial score (nSPS) is 14.3. The van der Waals surface area contributed by atoms with Crippen LogP contribution in [0.1, 0.15) is 31.4 Å². The average Bonchev–Trinajstić information content (AvgIpc) is 2.98. The van der Waals surface area contributed by atoms with Crippen LogP contribution in [-0.2, 0) is 4.79 Å². The van der Waals surface area contributed by atoms with Gasteiger partial charge in [0.2, 0.25) is 5.75 Å². The van der Waals surface area contributed by atoms with E-state index in [1.807, 2.05) is 0 Å². The first-order valence-corrected chi connectivity index (χ1v) is 7.31. The number of aromatic nitrogens is 1. The fraction of sp³-hybridized carbons (Fsp3) is 0.500. The number of rotatable bonds is 5. The molecule has 1 aromatic rings. The highest BCUT2D eigenvalue weighted by molar-refractivity contribution is 5.95. The molecule has 3 amide bonds. The van der Waals surface area contributed by atoms with Crippen molar-refractivity contribution in [2.24, 2.45) is 0 Å². The van der Waals surface area contributed by atoms with Crippen molar-refractivity contribution in [2.75, 3.05) is 6.61 Å². The highest BCUT2D eigenvalue weighted by atomic mass is 16.6. The number of hydrogen-bond donors (Lipinski definition) is 2. The molecule has 124 valence electrons. The van der Waals surface area contributed by atoms with Gasteiger partial charge >= 0.3 is 11.8 Å². The summed E-state index contributed by atoms with van der Waals surface area (Å²) >= 11 is 0. The Bertz CT molecular complexity index is 613. The number of pyridine rings is 1. The standard InChI is InChI=1S/C14H18N4O5/c1-9-6-7-11(13(15-9)18(21)22)23-8-12(19)17-14(20)16-10-4-2-3-5-10/h6-7,10H,2-5,8H2,1H3,(H2,16,17,19,20). The van der Waals surface area contributed by atoms with Gasteiger partial charge < -0.3 is 20.2 Å². The van der Waals surface area contributed by atoms with E-state index in [9.17, 15) is 19.7 Å². The summed E-state index contributed by atoms with van der Waals surface area (Å²) in [6.45, 7) is 1.10. The van der Waals surface area contributed by atoms with Gasteiger partial charge in [-0.15, -0.1) is 0 Å². The molecule has 1 aliphatic carbocycles. The third-order valence-corrected chi connectivity index (χ3v) is 3.45. The highest BCUT2D eigenvalue weighted by Crippen LogP contribution is 2.24. The van der Waals surface area contributed by atoms with Crippen LogP contribution in [0.2, 0.25) is 0 Å². The molecule has 1 heterocycles. The monoisotopic (exact) mass is 322 g/mol.